The summed E-state index contributed by atoms with van der Waals surface area (Å²) < 4.78 is 20.3. The second-order valence-electron chi connectivity index (χ2n) is 11.5. The Labute approximate surface area is 249 Å². The van der Waals surface area contributed by atoms with Gasteiger partial charge in [0.15, 0.2) is 0 Å². The van der Waals surface area contributed by atoms with Crippen molar-refractivity contribution in [3.05, 3.63) is 89.1 Å². The van der Waals surface area contributed by atoms with Crippen molar-refractivity contribution < 1.29 is 23.6 Å². The molecule has 0 saturated carbocycles. The monoisotopic (exact) mass is 586 g/mol. The van der Waals surface area contributed by atoms with E-state index in [-0.39, 0.29) is 31.3 Å². The molecular weight excluding hydrogens is 551 g/mol. The smallest absolute Gasteiger partial charge is 0.261 e. The van der Waals surface area contributed by atoms with Gasteiger partial charge in [0, 0.05) is 52.8 Å². The zero-order chi connectivity index (χ0) is 30.7. The largest absolute Gasteiger partial charge is 0.496 e. The summed E-state index contributed by atoms with van der Waals surface area (Å²) in [6.45, 7) is 7.65. The Balaban J connectivity index is 1.38. The van der Waals surface area contributed by atoms with Gasteiger partial charge in [-0.2, -0.15) is 5.10 Å². The minimum atomic E-state index is -0.666. The third-order valence-corrected chi connectivity index (χ3v) is 7.09. The number of aromatic amines is 1. The molecule has 0 fully saturated rings. The first-order valence-electron chi connectivity index (χ1n) is 14.0. The molecule has 2 aromatic carbocycles. The first-order chi connectivity index (χ1) is 20.5. The van der Waals surface area contributed by atoms with Gasteiger partial charge >= 0.3 is 0 Å². The highest BCUT2D eigenvalue weighted by Crippen LogP contribution is 2.29. The van der Waals surface area contributed by atoms with E-state index in [1.165, 1.54) is 13.2 Å². The van der Waals surface area contributed by atoms with E-state index in [9.17, 15) is 14.0 Å². The number of pyridine rings is 1. The number of methoxy groups -OCH3 is 1. The van der Waals surface area contributed by atoms with Crippen LogP contribution in [0.25, 0.3) is 22.2 Å². The molecule has 43 heavy (non-hydrogen) atoms. The Hall–Kier alpha value is -4.61. The summed E-state index contributed by atoms with van der Waals surface area (Å²) in [5, 5.41) is 11.3. The van der Waals surface area contributed by atoms with Crippen LogP contribution in [0, 0.1) is 12.7 Å². The number of H-pyrrole nitrogens is 1. The van der Waals surface area contributed by atoms with E-state index in [2.05, 4.69) is 26.0 Å². The molecular formula is C32H35FN6O4. The molecule has 5 rings (SSSR count). The average molecular weight is 587 g/mol. The summed E-state index contributed by atoms with van der Waals surface area (Å²) in [5.74, 6) is -0.748. The molecule has 0 aliphatic carbocycles. The van der Waals surface area contributed by atoms with Crippen LogP contribution in [0.4, 0.5) is 4.39 Å². The lowest BCUT2D eigenvalue weighted by Crippen LogP contribution is -2.51. The van der Waals surface area contributed by atoms with E-state index in [1.54, 1.807) is 35.4 Å². The van der Waals surface area contributed by atoms with Crippen molar-refractivity contribution in [3.63, 3.8) is 0 Å². The topological polar surface area (TPSA) is 121 Å². The van der Waals surface area contributed by atoms with Gasteiger partial charge in [0.1, 0.15) is 17.3 Å². The summed E-state index contributed by atoms with van der Waals surface area (Å²) >= 11 is 0. The van der Waals surface area contributed by atoms with Crippen LogP contribution >= 0.6 is 0 Å². The summed E-state index contributed by atoms with van der Waals surface area (Å²) in [7, 11) is 1.47. The number of hydrogen-bond acceptors (Lipinski definition) is 7. The third-order valence-electron chi connectivity index (χ3n) is 7.09. The number of hydrogen-bond donors (Lipinski definition) is 3. The first-order valence-corrected chi connectivity index (χ1v) is 14.0. The highest BCUT2D eigenvalue weighted by molar-refractivity contribution is 6.02. The number of halogens is 1. The number of nitrogens with zero attached hydrogens (tertiary/aromatic N) is 3. The zero-order valence-corrected chi connectivity index (χ0v) is 24.8. The number of carbonyl (C=O) groups excluding carboxylic acids is 2. The molecule has 2 aromatic heterocycles. The summed E-state index contributed by atoms with van der Waals surface area (Å²) in [4.78, 5) is 38.2. The maximum atomic E-state index is 14.9. The maximum absolute atomic E-state index is 14.9. The third kappa shape index (κ3) is 6.90. The average Bonchev–Trinajstić information content (AvgIpc) is 3.40. The Morgan fingerprint density at radius 2 is 1.98 bits per heavy atom. The molecule has 0 unspecified atom stereocenters. The minimum Gasteiger partial charge on any atom is -0.496 e. The number of nitrogens with one attached hydrogen (secondary N) is 3. The van der Waals surface area contributed by atoms with Crippen molar-refractivity contribution in [2.45, 2.75) is 52.3 Å². The lowest BCUT2D eigenvalue weighted by molar-refractivity contribution is -0.151. The molecule has 3 N–H and O–H groups in total. The normalized spacial score (nSPS) is 15.7. The van der Waals surface area contributed by atoms with E-state index >= 15 is 0 Å². The highest BCUT2D eigenvalue weighted by atomic mass is 19.1. The Morgan fingerprint density at radius 1 is 1.16 bits per heavy atom. The lowest BCUT2D eigenvalue weighted by atomic mass is 10.0. The zero-order valence-electron chi connectivity index (χ0n) is 24.8. The van der Waals surface area contributed by atoms with Crippen LogP contribution in [0.3, 0.4) is 0 Å². The van der Waals surface area contributed by atoms with E-state index in [4.69, 9.17) is 9.57 Å². The number of aryl methyl sites for hydroxylation is 1. The minimum absolute atomic E-state index is 0.0757. The molecule has 0 saturated heterocycles. The summed E-state index contributed by atoms with van der Waals surface area (Å²) in [5.41, 5.74) is 6.58. The molecule has 0 spiro atoms. The van der Waals surface area contributed by atoms with E-state index < -0.39 is 17.5 Å². The highest BCUT2D eigenvalue weighted by Gasteiger charge is 2.32. The fourth-order valence-corrected chi connectivity index (χ4v) is 4.97. The lowest BCUT2D eigenvalue weighted by Gasteiger charge is -2.35. The number of carbonyl (C=O) groups is 2. The predicted octanol–water partition coefficient (Wildman–Crippen LogP) is 4.82. The van der Waals surface area contributed by atoms with Crippen LogP contribution in [0.1, 0.15) is 48.8 Å². The van der Waals surface area contributed by atoms with Crippen LogP contribution in [0.15, 0.2) is 66.5 Å². The number of benzene rings is 2. The fraction of sp³-hybridized carbons (Fsp3) is 0.312. The SMILES string of the molecule is COc1cccc(F)c1CN1CC(NC(=O)c2ccc3[nH]nc(-c4ccnc(C)c4)c3c2)=CC[C@H]1C(=O)NOC(C)(C)C. The molecule has 3 heterocycles. The molecule has 2 amide bonds. The van der Waals surface area contributed by atoms with Gasteiger partial charge in [0.05, 0.1) is 24.3 Å². The van der Waals surface area contributed by atoms with Crippen molar-refractivity contribution in [1.82, 2.24) is 30.9 Å². The number of hydroxylamine groups is 1. The first kappa shape index (κ1) is 29.9. The molecule has 4 aromatic rings. The molecule has 1 atom stereocenters. The molecule has 0 radical (unpaired) electrons. The molecule has 0 bridgehead atoms. The van der Waals surface area contributed by atoms with Gasteiger partial charge in [0.2, 0.25) is 0 Å². The van der Waals surface area contributed by atoms with Crippen molar-refractivity contribution in [1.29, 1.82) is 0 Å². The quantitative estimate of drug-likeness (QED) is 0.253. The Kier molecular flexibility index (Phi) is 8.56. The summed E-state index contributed by atoms with van der Waals surface area (Å²) in [6.07, 6.45) is 3.82. The fourth-order valence-electron chi connectivity index (χ4n) is 4.97. The van der Waals surface area contributed by atoms with Gasteiger partial charge in [-0.1, -0.05) is 12.1 Å². The molecule has 224 valence electrons. The van der Waals surface area contributed by atoms with Crippen molar-refractivity contribution >= 4 is 22.7 Å². The van der Waals surface area contributed by atoms with Crippen LogP contribution in [-0.4, -0.2) is 57.2 Å². The van der Waals surface area contributed by atoms with Gasteiger partial charge in [-0.25, -0.2) is 9.87 Å². The number of rotatable bonds is 8. The molecule has 1 aliphatic rings. The number of amides is 2. The predicted molar refractivity (Wildman–Crippen MR) is 160 cm³/mol. The van der Waals surface area contributed by atoms with E-state index in [0.717, 1.165) is 27.9 Å². The molecule has 11 heteroatoms. The van der Waals surface area contributed by atoms with Crippen LogP contribution in [0.5, 0.6) is 5.75 Å². The van der Waals surface area contributed by atoms with Crippen LogP contribution in [-0.2, 0) is 16.2 Å². The van der Waals surface area contributed by atoms with E-state index in [0.29, 0.717) is 22.6 Å². The Morgan fingerprint density at radius 3 is 2.72 bits per heavy atom. The van der Waals surface area contributed by atoms with Crippen LogP contribution in [0.2, 0.25) is 0 Å². The standard InChI is InChI=1S/C32H35FN6O4/c1-19-15-20(13-14-34-19)29-23-16-21(9-11-26(23)36-37-29)30(40)35-22-10-12-27(31(41)38-43-32(2,3)4)39(17-22)18-24-25(33)7-6-8-28(24)42-5/h6-11,13-16,27H,12,17-18H2,1-5H3,(H,35,40)(H,36,37)(H,38,41)/t27-/m0/s1. The molecule has 1 aliphatic heterocycles. The van der Waals surface area contributed by atoms with Crippen molar-refractivity contribution in [2.75, 3.05) is 13.7 Å². The number of aromatic nitrogens is 3. The van der Waals surface area contributed by atoms with E-state index in [1.807, 2.05) is 52.0 Å². The van der Waals surface area contributed by atoms with Crippen LogP contribution < -0.4 is 15.5 Å². The summed E-state index contributed by atoms with van der Waals surface area (Å²) in [6, 6.07) is 13.1. The second kappa shape index (κ2) is 12.3. The second-order valence-corrected chi connectivity index (χ2v) is 11.5. The number of ether oxygens (including phenoxy) is 1. The Bertz CT molecular complexity index is 1690. The van der Waals surface area contributed by atoms with Gasteiger partial charge in [-0.05, 0) is 76.6 Å². The van der Waals surface area contributed by atoms with Gasteiger partial charge in [-0.15, -0.1) is 0 Å². The van der Waals surface area contributed by atoms with Gasteiger partial charge in [-0.3, -0.25) is 29.4 Å². The van der Waals surface area contributed by atoms with Crippen molar-refractivity contribution in [2.24, 2.45) is 0 Å². The maximum Gasteiger partial charge on any atom is 0.261 e. The van der Waals surface area contributed by atoms with Crippen molar-refractivity contribution in [3.8, 4) is 17.0 Å². The van der Waals surface area contributed by atoms with Gasteiger partial charge < -0.3 is 10.1 Å². The molecule has 10 nitrogen and oxygen atoms in total. The number of fused-ring (bicyclic) bond motifs is 1. The van der Waals surface area contributed by atoms with Gasteiger partial charge in [0.25, 0.3) is 11.8 Å².